The standard InChI is InChI=1S/C54H89O7P/c1-38(2)20-19-21-39(3)46-25-26-47-45-24-23-43-35-44(27-29-53(43,8)48(45)28-30-54(46,47)9)61-62(59)60-31-18-16-14-12-10-11-13-15-17-22-40-32-41(36-51(4,5)49(55)56)34-42(33-40)37-52(6,7)50(57)58/h23,32-34,38-39,44-48,59H,10-22,24-31,35-37H2,1-9H3,(H,55,56)(H,57,58). The van der Waals surface area contributed by atoms with Crippen LogP contribution in [-0.2, 0) is 37.9 Å². The molecule has 4 aliphatic carbocycles. The van der Waals surface area contributed by atoms with Crippen molar-refractivity contribution in [2.24, 2.45) is 57.2 Å². The number of allylic oxidation sites excluding steroid dienone is 1. The molecule has 8 heteroatoms. The first-order chi connectivity index (χ1) is 29.2. The average Bonchev–Trinajstić information content (AvgIpc) is 3.55. The van der Waals surface area contributed by atoms with E-state index in [2.05, 4.69) is 52.8 Å². The van der Waals surface area contributed by atoms with Crippen LogP contribution in [-0.4, -0.2) is 39.8 Å². The van der Waals surface area contributed by atoms with Crippen LogP contribution in [0.3, 0.4) is 0 Å². The molecule has 9 atom stereocenters. The first kappa shape index (κ1) is 51.2. The minimum absolute atomic E-state index is 0.0634. The average molecular weight is 881 g/mol. The van der Waals surface area contributed by atoms with Gasteiger partial charge in [-0.05, 0) is 174 Å². The van der Waals surface area contributed by atoms with Gasteiger partial charge in [-0.15, -0.1) is 0 Å². The Kier molecular flexibility index (Phi) is 18.7. The number of carboxylic acids is 2. The maximum Gasteiger partial charge on any atom is 0.330 e. The predicted octanol–water partition coefficient (Wildman–Crippen LogP) is 14.7. The number of rotatable bonds is 26. The number of benzene rings is 1. The molecule has 0 heterocycles. The topological polar surface area (TPSA) is 113 Å². The van der Waals surface area contributed by atoms with Crippen molar-refractivity contribution in [1.29, 1.82) is 0 Å². The van der Waals surface area contributed by atoms with E-state index < -0.39 is 31.4 Å². The smallest absolute Gasteiger partial charge is 0.330 e. The van der Waals surface area contributed by atoms with Gasteiger partial charge in [0.15, 0.2) is 0 Å². The third-order valence-electron chi connectivity index (χ3n) is 16.9. The lowest BCUT2D eigenvalue weighted by atomic mass is 9.47. The Morgan fingerprint density at radius 2 is 1.32 bits per heavy atom. The fourth-order valence-electron chi connectivity index (χ4n) is 13.1. The summed E-state index contributed by atoms with van der Waals surface area (Å²) < 4.78 is 12.0. The summed E-state index contributed by atoms with van der Waals surface area (Å²) in [6, 6.07) is 6.24. The van der Waals surface area contributed by atoms with Gasteiger partial charge in [-0.2, -0.15) is 0 Å². The molecule has 352 valence electrons. The summed E-state index contributed by atoms with van der Waals surface area (Å²) in [5, 5.41) is 19.4. The molecule has 0 spiro atoms. The lowest BCUT2D eigenvalue weighted by molar-refractivity contribution is -0.147. The molecule has 9 unspecified atom stereocenters. The fraction of sp³-hybridized carbons (Fsp3) is 0.815. The number of carboxylic acid groups (broad SMARTS) is 2. The van der Waals surface area contributed by atoms with Gasteiger partial charge in [0, 0.05) is 0 Å². The Labute approximate surface area is 379 Å². The molecule has 0 amide bonds. The summed E-state index contributed by atoms with van der Waals surface area (Å²) >= 11 is 0. The third kappa shape index (κ3) is 13.4. The number of fused-ring (bicyclic) bond motifs is 5. The van der Waals surface area contributed by atoms with Crippen molar-refractivity contribution < 1.29 is 33.7 Å². The summed E-state index contributed by atoms with van der Waals surface area (Å²) in [6.45, 7) is 20.1. The molecule has 0 bridgehead atoms. The van der Waals surface area contributed by atoms with Gasteiger partial charge in [-0.25, -0.2) is 0 Å². The Hall–Kier alpha value is -1.79. The van der Waals surface area contributed by atoms with E-state index in [0.29, 0.717) is 24.9 Å². The van der Waals surface area contributed by atoms with Crippen molar-refractivity contribution in [2.45, 2.75) is 216 Å². The Balaban J connectivity index is 0.940. The number of carbonyl (C=O) groups is 2. The maximum atomic E-state index is 11.8. The van der Waals surface area contributed by atoms with Crippen LogP contribution in [0.2, 0.25) is 0 Å². The van der Waals surface area contributed by atoms with Gasteiger partial charge in [0.2, 0.25) is 0 Å². The molecular weight excluding hydrogens is 792 g/mol. The molecule has 3 saturated carbocycles. The van der Waals surface area contributed by atoms with Crippen LogP contribution < -0.4 is 0 Å². The zero-order valence-electron chi connectivity index (χ0n) is 40.7. The third-order valence-corrected chi connectivity index (χ3v) is 17.8. The van der Waals surface area contributed by atoms with E-state index in [0.717, 1.165) is 91.6 Å². The van der Waals surface area contributed by atoms with Crippen LogP contribution >= 0.6 is 8.60 Å². The van der Waals surface area contributed by atoms with E-state index in [1.807, 2.05) is 6.07 Å². The predicted molar refractivity (Wildman–Crippen MR) is 255 cm³/mol. The lowest BCUT2D eigenvalue weighted by Gasteiger charge is -2.58. The number of aryl methyl sites for hydroxylation is 1. The summed E-state index contributed by atoms with van der Waals surface area (Å²) in [6.07, 6.45) is 28.9. The van der Waals surface area contributed by atoms with Crippen molar-refractivity contribution in [1.82, 2.24) is 0 Å². The molecule has 1 aromatic carbocycles. The first-order valence-corrected chi connectivity index (χ1v) is 26.4. The van der Waals surface area contributed by atoms with Crippen LogP contribution in [0.15, 0.2) is 29.8 Å². The molecule has 0 aliphatic heterocycles. The molecule has 62 heavy (non-hydrogen) atoms. The number of aliphatic carboxylic acids is 2. The van der Waals surface area contributed by atoms with E-state index >= 15 is 0 Å². The highest BCUT2D eigenvalue weighted by molar-refractivity contribution is 7.40. The number of hydrogen-bond donors (Lipinski definition) is 3. The van der Waals surface area contributed by atoms with Crippen LogP contribution in [0.5, 0.6) is 0 Å². The van der Waals surface area contributed by atoms with Gasteiger partial charge in [0.1, 0.15) is 0 Å². The molecule has 0 saturated heterocycles. The SMILES string of the molecule is CC(C)CCCC(C)C1CCC2C3CC=C4CC(OP(O)OCCCCCCCCCCCc5cc(CC(C)(C)C(=O)O)cc(CC(C)(C)C(=O)O)c5)CCC4(C)C3CCC12C. The molecule has 3 fully saturated rings. The van der Waals surface area contributed by atoms with E-state index in [4.69, 9.17) is 9.05 Å². The Bertz CT molecular complexity index is 1590. The Morgan fingerprint density at radius 1 is 0.742 bits per heavy atom. The summed E-state index contributed by atoms with van der Waals surface area (Å²) in [7, 11) is -1.84. The second-order valence-electron chi connectivity index (χ2n) is 23.2. The van der Waals surface area contributed by atoms with Crippen molar-refractivity contribution >= 4 is 20.5 Å². The van der Waals surface area contributed by atoms with Crippen LogP contribution in [0, 0.1) is 57.2 Å². The molecule has 0 radical (unpaired) electrons. The lowest BCUT2D eigenvalue weighted by Crippen LogP contribution is -2.50. The van der Waals surface area contributed by atoms with Gasteiger partial charge in [0.25, 0.3) is 0 Å². The van der Waals surface area contributed by atoms with Crippen LogP contribution in [0.1, 0.15) is 207 Å². The number of hydrogen-bond acceptors (Lipinski definition) is 5. The molecule has 7 nitrogen and oxygen atoms in total. The molecule has 4 aliphatic rings. The monoisotopic (exact) mass is 881 g/mol. The number of unbranched alkanes of at least 4 members (excludes halogenated alkanes) is 8. The minimum atomic E-state index is -1.84. The molecule has 3 N–H and O–H groups in total. The van der Waals surface area contributed by atoms with Gasteiger partial charge in [-0.1, -0.05) is 129 Å². The highest BCUT2D eigenvalue weighted by atomic mass is 31.2. The van der Waals surface area contributed by atoms with Crippen molar-refractivity contribution in [3.8, 4) is 0 Å². The normalized spacial score (nSPS) is 28.5. The minimum Gasteiger partial charge on any atom is -0.481 e. The summed E-state index contributed by atoms with van der Waals surface area (Å²) in [5.74, 6) is 3.42. The van der Waals surface area contributed by atoms with Gasteiger partial charge >= 0.3 is 20.5 Å². The zero-order valence-corrected chi connectivity index (χ0v) is 41.6. The highest BCUT2D eigenvalue weighted by Crippen LogP contribution is 2.67. The second kappa shape index (κ2) is 22.6. The van der Waals surface area contributed by atoms with Crippen LogP contribution in [0.25, 0.3) is 0 Å². The first-order valence-electron chi connectivity index (χ1n) is 25.3. The van der Waals surface area contributed by atoms with Crippen LogP contribution in [0.4, 0.5) is 0 Å². The van der Waals surface area contributed by atoms with E-state index in [1.165, 1.54) is 95.5 Å². The van der Waals surface area contributed by atoms with Gasteiger partial charge in [0.05, 0.1) is 23.5 Å². The summed E-state index contributed by atoms with van der Waals surface area (Å²) in [4.78, 5) is 34.4. The van der Waals surface area contributed by atoms with Crippen molar-refractivity contribution in [3.63, 3.8) is 0 Å². The second-order valence-corrected chi connectivity index (χ2v) is 24.1. The quantitative estimate of drug-likeness (QED) is 0.0482. The molecule has 1 aromatic rings. The molecule has 0 aromatic heterocycles. The fourth-order valence-corrected chi connectivity index (χ4v) is 13.9. The molecular formula is C54H89O7P. The van der Waals surface area contributed by atoms with E-state index in [1.54, 1.807) is 33.3 Å². The molecule has 5 rings (SSSR count). The van der Waals surface area contributed by atoms with Crippen molar-refractivity contribution in [2.75, 3.05) is 6.61 Å². The van der Waals surface area contributed by atoms with Gasteiger partial charge < -0.3 is 24.2 Å². The largest absolute Gasteiger partial charge is 0.481 e. The maximum absolute atomic E-state index is 11.8. The summed E-state index contributed by atoms with van der Waals surface area (Å²) in [5.41, 5.74) is 3.73. The van der Waals surface area contributed by atoms with E-state index in [9.17, 15) is 24.7 Å². The van der Waals surface area contributed by atoms with E-state index in [-0.39, 0.29) is 11.5 Å². The van der Waals surface area contributed by atoms with Crippen molar-refractivity contribution in [3.05, 3.63) is 46.5 Å². The zero-order chi connectivity index (χ0) is 45.3. The Morgan fingerprint density at radius 3 is 1.92 bits per heavy atom. The van der Waals surface area contributed by atoms with Gasteiger partial charge in [-0.3, -0.25) is 9.59 Å². The highest BCUT2D eigenvalue weighted by Gasteiger charge is 2.59.